The third-order valence-electron chi connectivity index (χ3n) is 8.25. The number of hydrogen-bond acceptors (Lipinski definition) is 0. The maximum atomic E-state index is 13.9. The Morgan fingerprint density at radius 1 is 0.690 bits per heavy atom. The lowest BCUT2D eigenvalue weighted by Crippen LogP contribution is -2.26. The molecule has 0 spiro atoms. The minimum atomic E-state index is -0.382. The Bertz CT molecular complexity index is 592. The average Bonchev–Trinajstić information content (AvgIpc) is 3.27. The smallest absolute Gasteiger partial charge is 0.129 e. The normalized spacial score (nSPS) is 30.7. The van der Waals surface area contributed by atoms with E-state index in [1.165, 1.54) is 77.6 Å². The van der Waals surface area contributed by atoms with Crippen LogP contribution < -0.4 is 0 Å². The van der Waals surface area contributed by atoms with Gasteiger partial charge < -0.3 is 0 Å². The summed E-state index contributed by atoms with van der Waals surface area (Å²) in [4.78, 5) is 0. The van der Waals surface area contributed by atoms with Gasteiger partial charge in [0.25, 0.3) is 0 Å². The molecule has 0 unspecified atom stereocenters. The van der Waals surface area contributed by atoms with Crippen molar-refractivity contribution in [2.75, 3.05) is 0 Å². The van der Waals surface area contributed by atoms with Crippen molar-refractivity contribution in [1.29, 1.82) is 0 Å². The molecule has 2 heteroatoms. The SMILES string of the molecule is CC.Cc1c(F)cc(C2CCC(C3CCC(CC4CCCC4)CC3)CC2)cc1F. The summed E-state index contributed by atoms with van der Waals surface area (Å²) >= 11 is 0. The molecule has 29 heavy (non-hydrogen) atoms. The maximum absolute atomic E-state index is 13.9. The average molecular weight is 405 g/mol. The van der Waals surface area contributed by atoms with Crippen LogP contribution in [-0.2, 0) is 0 Å². The molecule has 0 N–H and O–H groups in total. The van der Waals surface area contributed by atoms with Gasteiger partial charge in [0.05, 0.1) is 0 Å². The second-order valence-electron chi connectivity index (χ2n) is 9.89. The lowest BCUT2D eigenvalue weighted by Gasteiger charge is -2.38. The maximum Gasteiger partial charge on any atom is 0.129 e. The first-order valence-corrected chi connectivity index (χ1v) is 12.6. The molecule has 0 aliphatic heterocycles. The number of benzene rings is 1. The van der Waals surface area contributed by atoms with Crippen LogP contribution in [0.3, 0.4) is 0 Å². The van der Waals surface area contributed by atoms with Gasteiger partial charge in [-0.3, -0.25) is 0 Å². The molecule has 3 aliphatic rings. The Morgan fingerprint density at radius 2 is 1.14 bits per heavy atom. The molecule has 0 amide bonds. The van der Waals surface area contributed by atoms with E-state index in [1.54, 1.807) is 12.1 Å². The lowest BCUT2D eigenvalue weighted by atomic mass is 9.67. The van der Waals surface area contributed by atoms with Gasteiger partial charge in [0.2, 0.25) is 0 Å². The summed E-state index contributed by atoms with van der Waals surface area (Å²) in [5, 5.41) is 0. The molecule has 0 saturated heterocycles. The molecule has 0 heterocycles. The van der Waals surface area contributed by atoms with Gasteiger partial charge in [-0.15, -0.1) is 0 Å². The van der Waals surface area contributed by atoms with E-state index < -0.39 is 0 Å². The van der Waals surface area contributed by atoms with Crippen LogP contribution >= 0.6 is 0 Å². The van der Waals surface area contributed by atoms with E-state index in [4.69, 9.17) is 0 Å². The van der Waals surface area contributed by atoms with Crippen molar-refractivity contribution >= 4 is 0 Å². The van der Waals surface area contributed by atoms with Gasteiger partial charge in [0.1, 0.15) is 11.6 Å². The predicted molar refractivity (Wildman–Crippen MR) is 119 cm³/mol. The van der Waals surface area contributed by atoms with Crippen LogP contribution in [0.25, 0.3) is 0 Å². The van der Waals surface area contributed by atoms with Crippen LogP contribution in [0, 0.1) is 42.2 Å². The Kier molecular flexibility index (Phi) is 8.57. The van der Waals surface area contributed by atoms with Crippen LogP contribution in [-0.4, -0.2) is 0 Å². The van der Waals surface area contributed by atoms with Gasteiger partial charge in [-0.25, -0.2) is 8.78 Å². The van der Waals surface area contributed by atoms with Crippen LogP contribution in [0.15, 0.2) is 12.1 Å². The van der Waals surface area contributed by atoms with E-state index in [9.17, 15) is 8.78 Å². The largest absolute Gasteiger partial charge is 0.207 e. The molecular formula is C27H42F2. The van der Waals surface area contributed by atoms with Crippen LogP contribution in [0.5, 0.6) is 0 Å². The van der Waals surface area contributed by atoms with E-state index in [-0.39, 0.29) is 17.2 Å². The molecule has 3 aliphatic carbocycles. The van der Waals surface area contributed by atoms with Crippen LogP contribution in [0.4, 0.5) is 8.78 Å². The standard InChI is InChI=1S/C25H36F2.C2H6/c1-17-24(26)15-23(16-25(17)27)22-12-10-21(11-13-22)20-8-6-19(7-9-20)14-18-4-2-3-5-18;1-2/h15-16,18-22H,2-14H2,1H3;1-2H3. The highest BCUT2D eigenvalue weighted by atomic mass is 19.1. The monoisotopic (exact) mass is 404 g/mol. The van der Waals surface area contributed by atoms with E-state index >= 15 is 0 Å². The summed E-state index contributed by atoms with van der Waals surface area (Å²) in [5.74, 6) is 3.40. The van der Waals surface area contributed by atoms with E-state index in [0.717, 1.165) is 42.1 Å². The van der Waals surface area contributed by atoms with Gasteiger partial charge in [0.15, 0.2) is 0 Å². The second kappa shape index (κ2) is 10.9. The molecule has 0 aromatic heterocycles. The summed E-state index contributed by atoms with van der Waals surface area (Å²) in [7, 11) is 0. The van der Waals surface area contributed by atoms with Gasteiger partial charge >= 0.3 is 0 Å². The molecule has 0 nitrogen and oxygen atoms in total. The second-order valence-corrected chi connectivity index (χ2v) is 9.89. The lowest BCUT2D eigenvalue weighted by molar-refractivity contribution is 0.149. The molecule has 3 fully saturated rings. The van der Waals surface area contributed by atoms with E-state index in [0.29, 0.717) is 5.92 Å². The first-order valence-electron chi connectivity index (χ1n) is 12.6. The molecule has 1 aromatic carbocycles. The summed E-state index contributed by atoms with van der Waals surface area (Å²) in [6, 6.07) is 3.16. The fraction of sp³-hybridized carbons (Fsp3) is 0.778. The van der Waals surface area contributed by atoms with Crippen molar-refractivity contribution < 1.29 is 8.78 Å². The third-order valence-corrected chi connectivity index (χ3v) is 8.25. The first kappa shape index (κ1) is 22.8. The van der Waals surface area contributed by atoms with Gasteiger partial charge in [-0.1, -0.05) is 52.4 Å². The predicted octanol–water partition coefficient (Wildman–Crippen LogP) is 8.96. The zero-order chi connectivity index (χ0) is 20.8. The zero-order valence-corrected chi connectivity index (χ0v) is 19.0. The fourth-order valence-corrected chi connectivity index (χ4v) is 6.44. The minimum absolute atomic E-state index is 0.154. The van der Waals surface area contributed by atoms with E-state index in [1.807, 2.05) is 13.8 Å². The molecule has 0 radical (unpaired) electrons. The van der Waals surface area contributed by atoms with Crippen molar-refractivity contribution in [3.05, 3.63) is 34.9 Å². The summed E-state index contributed by atoms with van der Waals surface area (Å²) in [6.45, 7) is 5.52. The zero-order valence-electron chi connectivity index (χ0n) is 19.0. The fourth-order valence-electron chi connectivity index (χ4n) is 6.44. The molecule has 1 aromatic rings. The highest BCUT2D eigenvalue weighted by Gasteiger charge is 2.32. The highest BCUT2D eigenvalue weighted by Crippen LogP contribution is 2.45. The number of halogens is 2. The molecule has 3 saturated carbocycles. The highest BCUT2D eigenvalue weighted by molar-refractivity contribution is 5.28. The molecule has 0 bridgehead atoms. The first-order chi connectivity index (χ1) is 14.1. The van der Waals surface area contributed by atoms with Gasteiger partial charge in [0, 0.05) is 5.56 Å². The quantitative estimate of drug-likeness (QED) is 0.470. The van der Waals surface area contributed by atoms with Crippen molar-refractivity contribution in [3.63, 3.8) is 0 Å². The Hall–Kier alpha value is -0.920. The topological polar surface area (TPSA) is 0 Å². The van der Waals surface area contributed by atoms with Crippen molar-refractivity contribution in [3.8, 4) is 0 Å². The summed E-state index contributed by atoms with van der Waals surface area (Å²) in [5.41, 5.74) is 1.04. The molecular weight excluding hydrogens is 362 g/mol. The van der Waals surface area contributed by atoms with E-state index in [2.05, 4.69) is 0 Å². The summed E-state index contributed by atoms with van der Waals surface area (Å²) in [6.07, 6.45) is 17.9. The van der Waals surface area contributed by atoms with Gasteiger partial charge in [-0.05, 0) is 99.2 Å². The Balaban J connectivity index is 0.00000117. The van der Waals surface area contributed by atoms with Crippen LogP contribution in [0.2, 0.25) is 0 Å². The molecule has 164 valence electrons. The van der Waals surface area contributed by atoms with Gasteiger partial charge in [-0.2, -0.15) is 0 Å². The Labute approximate surface area is 177 Å². The van der Waals surface area contributed by atoms with Crippen molar-refractivity contribution in [2.45, 2.75) is 110 Å². The summed E-state index contributed by atoms with van der Waals surface area (Å²) < 4.78 is 27.8. The number of hydrogen-bond donors (Lipinski definition) is 0. The van der Waals surface area contributed by atoms with Crippen LogP contribution in [0.1, 0.15) is 114 Å². The molecule has 4 rings (SSSR count). The molecule has 0 atom stereocenters. The minimum Gasteiger partial charge on any atom is -0.207 e. The number of rotatable bonds is 4. The van der Waals surface area contributed by atoms with Crippen molar-refractivity contribution in [1.82, 2.24) is 0 Å². The third kappa shape index (κ3) is 5.82. The van der Waals surface area contributed by atoms with Crippen molar-refractivity contribution in [2.24, 2.45) is 23.7 Å². The Morgan fingerprint density at radius 3 is 1.66 bits per heavy atom.